The van der Waals surface area contributed by atoms with Gasteiger partial charge in [-0.3, -0.25) is 9.46 Å². The highest BCUT2D eigenvalue weighted by Gasteiger charge is 2.29. The predicted octanol–water partition coefficient (Wildman–Crippen LogP) is 3.46. The number of rotatable bonds is 6. The quantitative estimate of drug-likeness (QED) is 0.748. The molecule has 1 aromatic carbocycles. The Labute approximate surface area is 116 Å². The molecule has 0 aliphatic carbocycles. The van der Waals surface area contributed by atoms with Gasteiger partial charge in [0.25, 0.3) is 0 Å². The van der Waals surface area contributed by atoms with E-state index in [0.29, 0.717) is 12.9 Å². The normalized spacial score (nSPS) is 20.1. The summed E-state index contributed by atoms with van der Waals surface area (Å²) in [5.74, 6) is 0. The molecule has 1 aromatic rings. The van der Waals surface area contributed by atoms with E-state index in [1.807, 2.05) is 30.3 Å². The van der Waals surface area contributed by atoms with Crippen LogP contribution in [0.1, 0.15) is 32.6 Å². The van der Waals surface area contributed by atoms with Crippen molar-refractivity contribution in [2.24, 2.45) is 0 Å². The van der Waals surface area contributed by atoms with E-state index in [-0.39, 0.29) is 0 Å². The van der Waals surface area contributed by atoms with Crippen LogP contribution in [0, 0.1) is 0 Å². The van der Waals surface area contributed by atoms with Crippen LogP contribution < -0.4 is 5.30 Å². The zero-order valence-electron chi connectivity index (χ0n) is 11.8. The van der Waals surface area contributed by atoms with E-state index in [9.17, 15) is 4.57 Å². The highest BCUT2D eigenvalue weighted by Crippen LogP contribution is 2.46. The van der Waals surface area contributed by atoms with Crippen LogP contribution in [-0.4, -0.2) is 30.9 Å². The van der Waals surface area contributed by atoms with Crippen LogP contribution >= 0.6 is 7.37 Å². The van der Waals surface area contributed by atoms with Crippen molar-refractivity contribution in [2.75, 3.05) is 26.0 Å². The Morgan fingerprint density at radius 3 is 2.47 bits per heavy atom. The van der Waals surface area contributed by atoms with Crippen molar-refractivity contribution >= 4 is 12.7 Å². The maximum Gasteiger partial charge on any atom is 0.245 e. The van der Waals surface area contributed by atoms with E-state index in [1.54, 1.807) is 0 Å². The number of likely N-dealkylation sites (tertiary alicyclic amines) is 1. The summed E-state index contributed by atoms with van der Waals surface area (Å²) in [5, 5.41) is 0.856. The third kappa shape index (κ3) is 4.17. The van der Waals surface area contributed by atoms with Crippen LogP contribution in [0.5, 0.6) is 0 Å². The van der Waals surface area contributed by atoms with Crippen molar-refractivity contribution < 1.29 is 9.09 Å². The van der Waals surface area contributed by atoms with Gasteiger partial charge in [0.15, 0.2) is 0 Å². The van der Waals surface area contributed by atoms with Gasteiger partial charge < -0.3 is 4.52 Å². The van der Waals surface area contributed by atoms with Crippen molar-refractivity contribution in [3.8, 4) is 0 Å². The lowest BCUT2D eigenvalue weighted by atomic mass is 10.1. The summed E-state index contributed by atoms with van der Waals surface area (Å²) in [7, 11) is -2.73. The zero-order valence-corrected chi connectivity index (χ0v) is 12.6. The molecule has 1 aliphatic heterocycles. The topological polar surface area (TPSA) is 29.5 Å². The first kappa shape index (κ1) is 14.8. The summed E-state index contributed by atoms with van der Waals surface area (Å²) in [4.78, 5) is 2.30. The van der Waals surface area contributed by atoms with Gasteiger partial charge in [-0.1, -0.05) is 31.5 Å². The third-order valence-electron chi connectivity index (χ3n) is 3.49. The zero-order chi connectivity index (χ0) is 13.6. The number of hydrogen-bond acceptors (Lipinski definition) is 3. The molecule has 4 heteroatoms. The number of nitrogens with zero attached hydrogens (tertiary/aromatic N) is 1. The summed E-state index contributed by atoms with van der Waals surface area (Å²) in [6, 6.07) is 9.69. The van der Waals surface area contributed by atoms with Gasteiger partial charge in [0.05, 0.1) is 12.9 Å². The lowest BCUT2D eigenvalue weighted by Crippen LogP contribution is -2.32. The van der Waals surface area contributed by atoms with E-state index in [2.05, 4.69) is 11.8 Å². The standard InChI is InChI=1S/C15H24NO2P/c1-2-13-18-19(17,15-9-5-3-6-10-15)14-16-11-7-4-8-12-16/h3,5-6,9-10H,2,4,7-8,11-14H2,1H3. The molecule has 2 rings (SSSR count). The van der Waals surface area contributed by atoms with Gasteiger partial charge in [0.1, 0.15) is 0 Å². The molecule has 3 nitrogen and oxygen atoms in total. The van der Waals surface area contributed by atoms with E-state index >= 15 is 0 Å². The summed E-state index contributed by atoms with van der Waals surface area (Å²) in [6.45, 7) is 4.72. The van der Waals surface area contributed by atoms with Gasteiger partial charge in [0, 0.05) is 5.30 Å². The minimum Gasteiger partial charge on any atom is -0.324 e. The number of hydrogen-bond donors (Lipinski definition) is 0. The summed E-state index contributed by atoms with van der Waals surface area (Å²) in [5.41, 5.74) is 0. The van der Waals surface area contributed by atoms with Gasteiger partial charge in [-0.05, 0) is 44.5 Å². The van der Waals surface area contributed by atoms with Crippen LogP contribution in [0.4, 0.5) is 0 Å². The SMILES string of the molecule is CCCOP(=O)(CN1CCCCC1)c1ccccc1. The fourth-order valence-electron chi connectivity index (χ4n) is 2.45. The molecule has 1 aliphatic rings. The molecule has 0 radical (unpaired) electrons. The first-order valence-corrected chi connectivity index (χ1v) is 9.07. The van der Waals surface area contributed by atoms with Crippen LogP contribution in [0.3, 0.4) is 0 Å². The molecule has 1 unspecified atom stereocenters. The first-order chi connectivity index (χ1) is 9.24. The highest BCUT2D eigenvalue weighted by molar-refractivity contribution is 7.66. The molecule has 0 aromatic heterocycles. The van der Waals surface area contributed by atoms with Crippen molar-refractivity contribution in [3.05, 3.63) is 30.3 Å². The Kier molecular flexibility index (Phi) is 5.62. The molecule has 1 atom stereocenters. The largest absolute Gasteiger partial charge is 0.324 e. The summed E-state index contributed by atoms with van der Waals surface area (Å²) >= 11 is 0. The van der Waals surface area contributed by atoms with Gasteiger partial charge in [0.2, 0.25) is 7.37 Å². The highest BCUT2D eigenvalue weighted by atomic mass is 31.2. The van der Waals surface area contributed by atoms with Crippen LogP contribution in [0.2, 0.25) is 0 Å². The van der Waals surface area contributed by atoms with Gasteiger partial charge in [-0.25, -0.2) is 0 Å². The Bertz CT molecular complexity index is 415. The van der Waals surface area contributed by atoms with E-state index in [1.165, 1.54) is 19.3 Å². The molecule has 0 spiro atoms. The van der Waals surface area contributed by atoms with Crippen molar-refractivity contribution in [1.29, 1.82) is 0 Å². The maximum absolute atomic E-state index is 13.2. The monoisotopic (exact) mass is 281 g/mol. The van der Waals surface area contributed by atoms with E-state index in [4.69, 9.17) is 4.52 Å². The fraction of sp³-hybridized carbons (Fsp3) is 0.600. The Morgan fingerprint density at radius 2 is 1.84 bits per heavy atom. The molecule has 19 heavy (non-hydrogen) atoms. The fourth-order valence-corrected chi connectivity index (χ4v) is 4.76. The smallest absolute Gasteiger partial charge is 0.245 e. The predicted molar refractivity (Wildman–Crippen MR) is 80.2 cm³/mol. The van der Waals surface area contributed by atoms with Gasteiger partial charge >= 0.3 is 0 Å². The van der Waals surface area contributed by atoms with Crippen LogP contribution in [0.25, 0.3) is 0 Å². The second kappa shape index (κ2) is 7.23. The Morgan fingerprint density at radius 1 is 1.16 bits per heavy atom. The maximum atomic E-state index is 13.2. The van der Waals surface area contributed by atoms with Gasteiger partial charge in [-0.2, -0.15) is 0 Å². The van der Waals surface area contributed by atoms with Crippen LogP contribution in [-0.2, 0) is 9.09 Å². The van der Waals surface area contributed by atoms with Crippen LogP contribution in [0.15, 0.2) is 30.3 Å². The Balaban J connectivity index is 2.12. The number of benzene rings is 1. The second-order valence-corrected chi connectivity index (χ2v) is 7.57. The molecule has 106 valence electrons. The van der Waals surface area contributed by atoms with Crippen molar-refractivity contribution in [1.82, 2.24) is 4.90 Å². The lowest BCUT2D eigenvalue weighted by Gasteiger charge is -2.30. The van der Waals surface area contributed by atoms with Crippen molar-refractivity contribution in [2.45, 2.75) is 32.6 Å². The minimum absolute atomic E-state index is 0.566. The molecule has 1 fully saturated rings. The molecule has 0 N–H and O–H groups in total. The molecule has 0 bridgehead atoms. The molecular weight excluding hydrogens is 257 g/mol. The minimum atomic E-state index is -2.73. The lowest BCUT2D eigenvalue weighted by molar-refractivity contribution is 0.241. The average molecular weight is 281 g/mol. The van der Waals surface area contributed by atoms with Crippen molar-refractivity contribution in [3.63, 3.8) is 0 Å². The van der Waals surface area contributed by atoms with Gasteiger partial charge in [-0.15, -0.1) is 0 Å². The van der Waals surface area contributed by atoms with E-state index < -0.39 is 7.37 Å². The second-order valence-electron chi connectivity index (χ2n) is 5.16. The molecule has 0 amide bonds. The molecule has 0 saturated carbocycles. The molecular formula is C15H24NO2P. The Hall–Kier alpha value is -0.630. The summed E-state index contributed by atoms with van der Waals surface area (Å²) < 4.78 is 19.0. The average Bonchev–Trinajstić information content (AvgIpc) is 2.47. The van der Waals surface area contributed by atoms with E-state index in [0.717, 1.165) is 24.8 Å². The third-order valence-corrected chi connectivity index (χ3v) is 5.95. The number of piperidine rings is 1. The summed E-state index contributed by atoms with van der Waals surface area (Å²) in [6.07, 6.45) is 5.18. The molecule has 1 saturated heterocycles. The first-order valence-electron chi connectivity index (χ1n) is 7.26. The molecule has 1 heterocycles.